The van der Waals surface area contributed by atoms with Gasteiger partial charge in [-0.2, -0.15) is 0 Å². The Morgan fingerprint density at radius 2 is 2.33 bits per heavy atom. The van der Waals surface area contributed by atoms with Crippen LogP contribution >= 0.6 is 15.9 Å². The molecule has 1 heterocycles. The molecule has 1 amide bonds. The summed E-state index contributed by atoms with van der Waals surface area (Å²) in [7, 11) is 0. The Kier molecular flexibility index (Phi) is 4.27. The van der Waals surface area contributed by atoms with Crippen LogP contribution in [0.15, 0.2) is 22.7 Å². The maximum absolute atomic E-state index is 12.3. The molecule has 1 aliphatic rings. The molecule has 0 saturated carbocycles. The normalized spacial score (nSPS) is 19.2. The van der Waals surface area contributed by atoms with Gasteiger partial charge in [-0.15, -0.1) is 0 Å². The molecule has 18 heavy (non-hydrogen) atoms. The zero-order valence-electron chi connectivity index (χ0n) is 10.7. The minimum Gasteiger partial charge on any atom is -0.398 e. The number of nitrogen functional groups attached to an aromatic ring is 1. The van der Waals surface area contributed by atoms with Crippen molar-refractivity contribution in [3.05, 3.63) is 28.2 Å². The van der Waals surface area contributed by atoms with Crippen molar-refractivity contribution in [3.63, 3.8) is 0 Å². The van der Waals surface area contributed by atoms with Gasteiger partial charge in [0.1, 0.15) is 0 Å². The Morgan fingerprint density at radius 1 is 1.56 bits per heavy atom. The molecule has 2 rings (SSSR count). The number of hydrogen-bond acceptors (Lipinski definition) is 2. The van der Waals surface area contributed by atoms with E-state index in [0.29, 0.717) is 17.2 Å². The van der Waals surface area contributed by atoms with Crippen LogP contribution in [0.4, 0.5) is 5.69 Å². The van der Waals surface area contributed by atoms with E-state index in [9.17, 15) is 4.79 Å². The summed E-state index contributed by atoms with van der Waals surface area (Å²) in [5.74, 6) is 0.777. The molecule has 0 aromatic heterocycles. The number of nitrogens with zero attached hydrogens (tertiary/aromatic N) is 1. The summed E-state index contributed by atoms with van der Waals surface area (Å²) in [5.41, 5.74) is 7.12. The minimum atomic E-state index is 0.104. The van der Waals surface area contributed by atoms with Gasteiger partial charge in [0.15, 0.2) is 0 Å². The van der Waals surface area contributed by atoms with Crippen LogP contribution in [0.3, 0.4) is 0 Å². The van der Waals surface area contributed by atoms with E-state index >= 15 is 0 Å². The molecule has 4 heteroatoms. The van der Waals surface area contributed by atoms with Crippen LogP contribution in [0.25, 0.3) is 0 Å². The minimum absolute atomic E-state index is 0.104. The highest BCUT2D eigenvalue weighted by atomic mass is 79.9. The lowest BCUT2D eigenvalue weighted by molar-refractivity contribution is 0.0786. The van der Waals surface area contributed by atoms with Crippen molar-refractivity contribution in [2.45, 2.75) is 26.2 Å². The highest BCUT2D eigenvalue weighted by Gasteiger charge is 2.26. The number of rotatable bonds is 3. The van der Waals surface area contributed by atoms with E-state index in [4.69, 9.17) is 5.73 Å². The van der Waals surface area contributed by atoms with E-state index < -0.39 is 0 Å². The van der Waals surface area contributed by atoms with Crippen molar-refractivity contribution >= 4 is 27.5 Å². The van der Waals surface area contributed by atoms with E-state index in [1.807, 2.05) is 17.0 Å². The number of carbonyl (C=O) groups excluding carboxylic acids is 1. The molecule has 0 radical (unpaired) electrons. The van der Waals surface area contributed by atoms with Crippen LogP contribution in [0.2, 0.25) is 0 Å². The molecule has 1 saturated heterocycles. The standard InChI is InChI=1S/C14H19BrN2O/c1-2-3-10-6-7-17(9-10)14(18)11-4-5-12(15)13(16)8-11/h4-5,8,10H,2-3,6-7,9,16H2,1H3. The van der Waals surface area contributed by atoms with Gasteiger partial charge >= 0.3 is 0 Å². The average molecular weight is 311 g/mol. The molecule has 0 aliphatic carbocycles. The maximum Gasteiger partial charge on any atom is 0.253 e. The Morgan fingerprint density at radius 3 is 3.00 bits per heavy atom. The molecule has 1 fully saturated rings. The van der Waals surface area contributed by atoms with Crippen molar-refractivity contribution in [2.24, 2.45) is 5.92 Å². The monoisotopic (exact) mass is 310 g/mol. The number of halogens is 1. The zero-order valence-corrected chi connectivity index (χ0v) is 12.2. The molecule has 98 valence electrons. The van der Waals surface area contributed by atoms with Gasteiger partial charge in [0.2, 0.25) is 0 Å². The van der Waals surface area contributed by atoms with Crippen LogP contribution < -0.4 is 5.73 Å². The van der Waals surface area contributed by atoms with Gasteiger partial charge in [-0.05, 0) is 52.9 Å². The summed E-state index contributed by atoms with van der Waals surface area (Å²) >= 11 is 3.34. The Bertz CT molecular complexity index is 447. The van der Waals surface area contributed by atoms with Gasteiger partial charge in [-0.3, -0.25) is 4.79 Å². The molecule has 0 spiro atoms. The second-order valence-electron chi connectivity index (χ2n) is 4.93. The van der Waals surface area contributed by atoms with E-state index in [1.165, 1.54) is 12.8 Å². The third kappa shape index (κ3) is 2.86. The fourth-order valence-electron chi connectivity index (χ4n) is 2.52. The van der Waals surface area contributed by atoms with Gasteiger partial charge in [0.25, 0.3) is 5.91 Å². The summed E-state index contributed by atoms with van der Waals surface area (Å²) in [6.45, 7) is 3.96. The lowest BCUT2D eigenvalue weighted by atomic mass is 10.0. The van der Waals surface area contributed by atoms with Gasteiger partial charge in [-0.25, -0.2) is 0 Å². The van der Waals surface area contributed by atoms with Crippen LogP contribution in [0.5, 0.6) is 0 Å². The van der Waals surface area contributed by atoms with Gasteiger partial charge in [-0.1, -0.05) is 13.3 Å². The third-order valence-corrected chi connectivity index (χ3v) is 4.24. The summed E-state index contributed by atoms with van der Waals surface area (Å²) < 4.78 is 0.837. The first-order valence-corrected chi connectivity index (χ1v) is 7.25. The molecule has 1 unspecified atom stereocenters. The second kappa shape index (κ2) is 5.74. The number of hydrogen-bond donors (Lipinski definition) is 1. The molecule has 3 nitrogen and oxygen atoms in total. The molecule has 2 N–H and O–H groups in total. The highest BCUT2D eigenvalue weighted by molar-refractivity contribution is 9.10. The second-order valence-corrected chi connectivity index (χ2v) is 5.79. The molecule has 1 atom stereocenters. The lowest BCUT2D eigenvalue weighted by Gasteiger charge is -2.17. The van der Waals surface area contributed by atoms with Crippen LogP contribution in [-0.4, -0.2) is 23.9 Å². The fourth-order valence-corrected chi connectivity index (χ4v) is 2.77. The van der Waals surface area contributed by atoms with Gasteiger partial charge in [0, 0.05) is 28.8 Å². The first-order valence-electron chi connectivity index (χ1n) is 6.46. The van der Waals surface area contributed by atoms with E-state index in [1.54, 1.807) is 6.07 Å². The Hall–Kier alpha value is -1.03. The number of anilines is 1. The maximum atomic E-state index is 12.3. The first kappa shape index (κ1) is 13.4. The summed E-state index contributed by atoms with van der Waals surface area (Å²) in [6, 6.07) is 5.41. The molecule has 1 aromatic carbocycles. The SMILES string of the molecule is CCCC1CCN(C(=O)c2ccc(Br)c(N)c2)C1. The van der Waals surface area contributed by atoms with E-state index in [-0.39, 0.29) is 5.91 Å². The van der Waals surface area contributed by atoms with Crippen molar-refractivity contribution < 1.29 is 4.79 Å². The average Bonchev–Trinajstić information content (AvgIpc) is 2.81. The summed E-state index contributed by atoms with van der Waals surface area (Å²) in [5, 5.41) is 0. The molecule has 1 aliphatic heterocycles. The molecular formula is C14H19BrN2O. The zero-order chi connectivity index (χ0) is 13.1. The van der Waals surface area contributed by atoms with Crippen molar-refractivity contribution in [3.8, 4) is 0 Å². The molecule has 0 bridgehead atoms. The van der Waals surface area contributed by atoms with Crippen molar-refractivity contribution in [1.82, 2.24) is 4.90 Å². The van der Waals surface area contributed by atoms with Crippen LogP contribution in [0, 0.1) is 5.92 Å². The largest absolute Gasteiger partial charge is 0.398 e. The number of amides is 1. The predicted molar refractivity (Wildman–Crippen MR) is 77.5 cm³/mol. The van der Waals surface area contributed by atoms with Crippen LogP contribution in [0.1, 0.15) is 36.5 Å². The van der Waals surface area contributed by atoms with Crippen molar-refractivity contribution in [1.29, 1.82) is 0 Å². The van der Waals surface area contributed by atoms with E-state index in [0.717, 1.165) is 24.0 Å². The van der Waals surface area contributed by atoms with Gasteiger partial charge < -0.3 is 10.6 Å². The van der Waals surface area contributed by atoms with Gasteiger partial charge in [0.05, 0.1) is 0 Å². The summed E-state index contributed by atoms with van der Waals surface area (Å²) in [4.78, 5) is 14.3. The van der Waals surface area contributed by atoms with Crippen LogP contribution in [-0.2, 0) is 0 Å². The lowest BCUT2D eigenvalue weighted by Crippen LogP contribution is -2.28. The first-order chi connectivity index (χ1) is 8.61. The number of likely N-dealkylation sites (tertiary alicyclic amines) is 1. The smallest absolute Gasteiger partial charge is 0.253 e. The summed E-state index contributed by atoms with van der Waals surface area (Å²) in [6.07, 6.45) is 3.54. The number of carbonyl (C=O) groups is 1. The molecule has 1 aromatic rings. The Balaban J connectivity index is 2.05. The highest BCUT2D eigenvalue weighted by Crippen LogP contribution is 2.25. The quantitative estimate of drug-likeness (QED) is 0.871. The predicted octanol–water partition coefficient (Wildman–Crippen LogP) is 3.29. The topological polar surface area (TPSA) is 46.3 Å². The number of nitrogens with two attached hydrogens (primary N) is 1. The van der Waals surface area contributed by atoms with Crippen molar-refractivity contribution in [2.75, 3.05) is 18.8 Å². The van der Waals surface area contributed by atoms with E-state index in [2.05, 4.69) is 22.9 Å². The Labute approximate surface area is 116 Å². The molecular weight excluding hydrogens is 292 g/mol. The third-order valence-electron chi connectivity index (χ3n) is 3.51. The fraction of sp³-hybridized carbons (Fsp3) is 0.500. The number of benzene rings is 1.